The third-order valence-corrected chi connectivity index (χ3v) is 6.95. The molecule has 0 bridgehead atoms. The summed E-state index contributed by atoms with van der Waals surface area (Å²) in [4.78, 5) is 27.2. The van der Waals surface area contributed by atoms with Gasteiger partial charge < -0.3 is 10.2 Å². The molecule has 0 saturated heterocycles. The first kappa shape index (κ1) is 26.3. The third kappa shape index (κ3) is 5.31. The van der Waals surface area contributed by atoms with Gasteiger partial charge in [-0.2, -0.15) is 13.2 Å². The van der Waals surface area contributed by atoms with Gasteiger partial charge in [0.2, 0.25) is 5.91 Å². The van der Waals surface area contributed by atoms with Gasteiger partial charge in [-0.15, -0.1) is 0 Å². The van der Waals surface area contributed by atoms with Gasteiger partial charge in [-0.25, -0.2) is 4.39 Å². The zero-order valence-electron chi connectivity index (χ0n) is 18.4. The van der Waals surface area contributed by atoms with Gasteiger partial charge in [0.25, 0.3) is 5.91 Å². The Hall–Kier alpha value is -2.81. The number of anilines is 1. The van der Waals surface area contributed by atoms with Crippen LogP contribution in [0.15, 0.2) is 48.5 Å². The number of alkyl halides is 3. The molecule has 1 aliphatic heterocycles. The lowest BCUT2D eigenvalue weighted by Gasteiger charge is -2.31. The Balaban J connectivity index is 1.54. The summed E-state index contributed by atoms with van der Waals surface area (Å²) in [7, 11) is 0. The van der Waals surface area contributed by atoms with Crippen LogP contribution in [0, 0.1) is 5.82 Å². The molecule has 4 nitrogen and oxygen atoms in total. The Morgan fingerprint density at radius 1 is 0.972 bits per heavy atom. The molecule has 188 valence electrons. The van der Waals surface area contributed by atoms with Gasteiger partial charge in [0, 0.05) is 13.1 Å². The fraction of sp³-hybridized carbons (Fsp3) is 0.200. The summed E-state index contributed by atoms with van der Waals surface area (Å²) in [6, 6.07) is 10.8. The molecular formula is C25H17Cl3F4N2O2. The van der Waals surface area contributed by atoms with Crippen LogP contribution >= 0.6 is 34.8 Å². The van der Waals surface area contributed by atoms with Gasteiger partial charge in [-0.3, -0.25) is 9.59 Å². The second kappa shape index (κ2) is 10.3. The number of carbonyl (C=O) groups excluding carboxylic acids is 2. The molecule has 3 aromatic rings. The van der Waals surface area contributed by atoms with Crippen molar-refractivity contribution in [3.05, 3.63) is 97.2 Å². The van der Waals surface area contributed by atoms with E-state index < -0.39 is 35.4 Å². The molecule has 3 aromatic carbocycles. The lowest BCUT2D eigenvalue weighted by molar-refractivity contribution is -0.140. The molecule has 4 rings (SSSR count). The lowest BCUT2D eigenvalue weighted by Crippen LogP contribution is -2.36. The standard InChI is InChI=1S/C25H17Cl3F4N2O2/c26-18-6-2-4-16(21(18)28)24(36)34-10-9-15-14(12-34)7-8-19(27)23(15)33-20(35)11-13-3-1-5-17(22(13)29)25(30,31)32/h1-8H,9-12H2,(H,33,35). The van der Waals surface area contributed by atoms with Crippen LogP contribution in [-0.2, 0) is 30.4 Å². The minimum Gasteiger partial charge on any atom is -0.334 e. The number of halogens is 7. The lowest BCUT2D eigenvalue weighted by atomic mass is 9.96. The van der Waals surface area contributed by atoms with Gasteiger partial charge in [-0.1, -0.05) is 59.1 Å². The van der Waals surface area contributed by atoms with E-state index in [4.69, 9.17) is 34.8 Å². The van der Waals surface area contributed by atoms with Crippen LogP contribution in [0.1, 0.15) is 32.6 Å². The molecule has 1 heterocycles. The van der Waals surface area contributed by atoms with E-state index in [2.05, 4.69) is 5.32 Å². The van der Waals surface area contributed by atoms with Gasteiger partial charge in [0.15, 0.2) is 0 Å². The van der Waals surface area contributed by atoms with Crippen LogP contribution < -0.4 is 5.32 Å². The number of nitrogens with zero attached hydrogens (tertiary/aromatic N) is 1. The predicted octanol–water partition coefficient (Wildman–Crippen LogP) is 7.18. The van der Waals surface area contributed by atoms with Crippen molar-refractivity contribution in [2.24, 2.45) is 0 Å². The van der Waals surface area contributed by atoms with Crippen molar-refractivity contribution in [3.8, 4) is 0 Å². The maximum absolute atomic E-state index is 14.4. The average Bonchev–Trinajstić information content (AvgIpc) is 2.82. The average molecular weight is 560 g/mol. The number of hydrogen-bond donors (Lipinski definition) is 1. The summed E-state index contributed by atoms with van der Waals surface area (Å²) >= 11 is 18.5. The van der Waals surface area contributed by atoms with E-state index in [0.717, 1.165) is 17.7 Å². The summed E-state index contributed by atoms with van der Waals surface area (Å²) in [5, 5.41) is 3.23. The molecule has 1 aliphatic rings. The second-order valence-corrected chi connectivity index (χ2v) is 9.33. The van der Waals surface area contributed by atoms with Crippen molar-refractivity contribution in [1.82, 2.24) is 4.90 Å². The minimum atomic E-state index is -4.88. The summed E-state index contributed by atoms with van der Waals surface area (Å²) < 4.78 is 53.3. The zero-order chi connectivity index (χ0) is 26.2. The Labute approximate surface area is 218 Å². The van der Waals surface area contributed by atoms with Gasteiger partial charge in [-0.05, 0) is 47.4 Å². The summed E-state index contributed by atoms with van der Waals surface area (Å²) in [6.45, 7) is 0.499. The van der Waals surface area contributed by atoms with Gasteiger partial charge >= 0.3 is 6.18 Å². The van der Waals surface area contributed by atoms with E-state index >= 15 is 0 Å². The highest BCUT2D eigenvalue weighted by Gasteiger charge is 2.35. The topological polar surface area (TPSA) is 49.4 Å². The first-order chi connectivity index (χ1) is 17.0. The second-order valence-electron chi connectivity index (χ2n) is 8.14. The Morgan fingerprint density at radius 3 is 2.42 bits per heavy atom. The molecular weight excluding hydrogens is 543 g/mol. The van der Waals surface area contributed by atoms with Crippen LogP contribution in [0.3, 0.4) is 0 Å². The maximum atomic E-state index is 14.4. The van der Waals surface area contributed by atoms with E-state index in [1.807, 2.05) is 0 Å². The van der Waals surface area contributed by atoms with E-state index in [9.17, 15) is 27.2 Å². The SMILES string of the molecule is O=C(Cc1cccc(C(F)(F)F)c1F)Nc1c(Cl)ccc2c1CCN(C(=O)c1cccc(Cl)c1Cl)C2. The van der Waals surface area contributed by atoms with Crippen molar-refractivity contribution in [2.75, 3.05) is 11.9 Å². The maximum Gasteiger partial charge on any atom is 0.419 e. The Kier molecular flexibility index (Phi) is 7.50. The molecule has 11 heteroatoms. The Bertz CT molecular complexity index is 1360. The van der Waals surface area contributed by atoms with E-state index in [0.29, 0.717) is 24.6 Å². The van der Waals surface area contributed by atoms with Crippen LogP contribution in [-0.4, -0.2) is 23.3 Å². The van der Waals surface area contributed by atoms with E-state index in [1.165, 1.54) is 0 Å². The first-order valence-corrected chi connectivity index (χ1v) is 11.8. The highest BCUT2D eigenvalue weighted by atomic mass is 35.5. The van der Waals surface area contributed by atoms with Crippen molar-refractivity contribution in [3.63, 3.8) is 0 Å². The van der Waals surface area contributed by atoms with Crippen molar-refractivity contribution in [1.29, 1.82) is 0 Å². The van der Waals surface area contributed by atoms with Crippen molar-refractivity contribution >= 4 is 52.3 Å². The van der Waals surface area contributed by atoms with Gasteiger partial charge in [0.05, 0.1) is 38.3 Å². The van der Waals surface area contributed by atoms with Crippen LogP contribution in [0.4, 0.5) is 23.2 Å². The highest BCUT2D eigenvalue weighted by Crippen LogP contribution is 2.35. The summed E-state index contributed by atoms with van der Waals surface area (Å²) in [5.74, 6) is -2.53. The van der Waals surface area contributed by atoms with Gasteiger partial charge in [0.1, 0.15) is 5.82 Å². The molecule has 0 spiro atoms. The molecule has 36 heavy (non-hydrogen) atoms. The molecule has 2 amide bonds. The van der Waals surface area contributed by atoms with Crippen LogP contribution in [0.25, 0.3) is 0 Å². The molecule has 0 aliphatic carbocycles. The molecule has 0 fully saturated rings. The fourth-order valence-corrected chi connectivity index (χ4v) is 4.67. The molecule has 1 N–H and O–H groups in total. The smallest absolute Gasteiger partial charge is 0.334 e. The Morgan fingerprint density at radius 2 is 1.69 bits per heavy atom. The van der Waals surface area contributed by atoms with Crippen molar-refractivity contribution in [2.45, 2.75) is 25.6 Å². The summed E-state index contributed by atoms with van der Waals surface area (Å²) in [6.07, 6.45) is -5.15. The van der Waals surface area contributed by atoms with E-state index in [-0.39, 0.29) is 38.8 Å². The molecule has 0 saturated carbocycles. The normalized spacial score (nSPS) is 13.4. The molecule has 0 unspecified atom stereocenters. The third-order valence-electron chi connectivity index (χ3n) is 5.82. The largest absolute Gasteiger partial charge is 0.419 e. The van der Waals surface area contributed by atoms with Crippen molar-refractivity contribution < 1.29 is 27.2 Å². The number of fused-ring (bicyclic) bond motifs is 1. The van der Waals surface area contributed by atoms with E-state index in [1.54, 1.807) is 35.2 Å². The number of hydrogen-bond acceptors (Lipinski definition) is 2. The van der Waals surface area contributed by atoms with Crippen LogP contribution in [0.5, 0.6) is 0 Å². The summed E-state index contributed by atoms with van der Waals surface area (Å²) in [5.41, 5.74) is 0.114. The van der Waals surface area contributed by atoms with Crippen LogP contribution in [0.2, 0.25) is 15.1 Å². The number of nitrogens with one attached hydrogen (secondary N) is 1. The zero-order valence-corrected chi connectivity index (χ0v) is 20.6. The molecule has 0 radical (unpaired) electrons. The quantitative estimate of drug-likeness (QED) is 0.344. The number of carbonyl (C=O) groups is 2. The number of benzene rings is 3. The predicted molar refractivity (Wildman–Crippen MR) is 130 cm³/mol. The fourth-order valence-electron chi connectivity index (χ4n) is 4.07. The highest BCUT2D eigenvalue weighted by molar-refractivity contribution is 6.43. The molecule has 0 atom stereocenters. The first-order valence-electron chi connectivity index (χ1n) is 10.7. The number of rotatable bonds is 4. The minimum absolute atomic E-state index is 0.154. The number of amides is 2. The monoisotopic (exact) mass is 558 g/mol. The molecule has 0 aromatic heterocycles.